The Morgan fingerprint density at radius 3 is 3.00 bits per heavy atom. The van der Waals surface area contributed by atoms with Crippen molar-refractivity contribution in [2.75, 3.05) is 0 Å². The molecule has 0 aromatic rings. The van der Waals surface area contributed by atoms with E-state index in [1.54, 1.807) is 23.5 Å². The molecule has 1 rings (SSSR count). The Morgan fingerprint density at radius 1 is 1.70 bits per heavy atom. The van der Waals surface area contributed by atoms with Crippen molar-refractivity contribution in [2.24, 2.45) is 4.99 Å². The Labute approximate surface area is 72.8 Å². The monoisotopic (exact) mass is 247 g/mol. The van der Waals surface area contributed by atoms with Gasteiger partial charge in [-0.25, -0.2) is 0 Å². The number of nitrogens with zero attached hydrogens (tertiary/aromatic N) is 2. The van der Waals surface area contributed by atoms with Crippen molar-refractivity contribution in [3.63, 3.8) is 0 Å². The topological polar surface area (TPSA) is 39.5 Å². The van der Waals surface area contributed by atoms with Gasteiger partial charge in [0, 0.05) is 16.5 Å². The van der Waals surface area contributed by atoms with Gasteiger partial charge in [0.2, 0.25) is 0 Å². The maximum Gasteiger partial charge on any atom is 0.0904 e. The van der Waals surface area contributed by atoms with E-state index in [9.17, 15) is 0 Å². The van der Waals surface area contributed by atoms with E-state index >= 15 is 0 Å². The zero-order valence-electron chi connectivity index (χ0n) is 5.16. The molecule has 0 unspecified atom stereocenters. The molecule has 0 aliphatic carbocycles. The molecular formula is C6H6IN3. The summed E-state index contributed by atoms with van der Waals surface area (Å²) in [4.78, 5) is 5.58. The SMILES string of the molecule is N=CN1C=CN=C/C1=C/I. The quantitative estimate of drug-likeness (QED) is 0.427. The van der Waals surface area contributed by atoms with E-state index in [1.807, 2.05) is 4.08 Å². The third kappa shape index (κ3) is 1.44. The molecule has 0 radical (unpaired) electrons. The highest BCUT2D eigenvalue weighted by molar-refractivity contribution is 14.1. The third-order valence-electron chi connectivity index (χ3n) is 1.07. The molecular weight excluding hydrogens is 241 g/mol. The van der Waals surface area contributed by atoms with Crippen LogP contribution in [0.3, 0.4) is 0 Å². The van der Waals surface area contributed by atoms with Crippen LogP contribution in [0.25, 0.3) is 0 Å². The van der Waals surface area contributed by atoms with E-state index in [4.69, 9.17) is 5.41 Å². The second-order valence-electron chi connectivity index (χ2n) is 1.65. The molecule has 0 atom stereocenters. The smallest absolute Gasteiger partial charge is 0.0904 e. The van der Waals surface area contributed by atoms with Crippen LogP contribution in [0.4, 0.5) is 0 Å². The summed E-state index contributed by atoms with van der Waals surface area (Å²) in [5.41, 5.74) is 0.915. The van der Waals surface area contributed by atoms with Gasteiger partial charge in [0.1, 0.15) is 0 Å². The van der Waals surface area contributed by atoms with Crippen LogP contribution in [-0.2, 0) is 0 Å². The van der Waals surface area contributed by atoms with Crippen molar-refractivity contribution in [3.8, 4) is 0 Å². The molecule has 1 aliphatic rings. The number of hydrogen-bond donors (Lipinski definition) is 1. The summed E-state index contributed by atoms with van der Waals surface area (Å²) in [6.07, 6.45) is 6.33. The van der Waals surface area contributed by atoms with Gasteiger partial charge in [-0.2, -0.15) is 0 Å². The Morgan fingerprint density at radius 2 is 2.50 bits per heavy atom. The number of hydrogen-bond acceptors (Lipinski definition) is 2. The average Bonchev–Trinajstić information content (AvgIpc) is 2.04. The van der Waals surface area contributed by atoms with Gasteiger partial charge in [-0.15, -0.1) is 0 Å². The van der Waals surface area contributed by atoms with E-state index in [0.717, 1.165) is 5.70 Å². The second-order valence-corrected chi connectivity index (χ2v) is 2.27. The van der Waals surface area contributed by atoms with Crippen LogP contribution in [0.5, 0.6) is 0 Å². The molecule has 10 heavy (non-hydrogen) atoms. The van der Waals surface area contributed by atoms with Crippen LogP contribution in [0.15, 0.2) is 27.2 Å². The standard InChI is InChI=1S/C6H6IN3/c7-3-6-4-9-1-2-10(6)5-8/h1-5,8H/b6-3-,8-5?. The molecule has 0 spiro atoms. The first-order valence-corrected chi connectivity index (χ1v) is 3.92. The first-order valence-electron chi connectivity index (χ1n) is 2.67. The Kier molecular flexibility index (Phi) is 2.61. The minimum absolute atomic E-state index is 0.915. The summed E-state index contributed by atoms with van der Waals surface area (Å²) in [6.45, 7) is 0. The van der Waals surface area contributed by atoms with Crippen molar-refractivity contribution in [3.05, 3.63) is 22.2 Å². The maximum absolute atomic E-state index is 6.97. The molecule has 1 N–H and O–H groups in total. The van der Waals surface area contributed by atoms with Gasteiger partial charge < -0.3 is 4.90 Å². The van der Waals surface area contributed by atoms with Crippen LogP contribution in [0.2, 0.25) is 0 Å². The van der Waals surface area contributed by atoms with Crippen molar-refractivity contribution >= 4 is 35.1 Å². The van der Waals surface area contributed by atoms with Crippen LogP contribution < -0.4 is 0 Å². The van der Waals surface area contributed by atoms with Gasteiger partial charge >= 0.3 is 0 Å². The molecule has 4 heteroatoms. The van der Waals surface area contributed by atoms with Crippen molar-refractivity contribution in [2.45, 2.75) is 0 Å². The molecule has 52 valence electrons. The molecule has 0 aromatic heterocycles. The lowest BCUT2D eigenvalue weighted by atomic mass is 10.4. The summed E-state index contributed by atoms with van der Waals surface area (Å²) >= 11 is 2.11. The molecule has 0 amide bonds. The van der Waals surface area contributed by atoms with E-state index in [0.29, 0.717) is 0 Å². The Balaban J connectivity index is 2.83. The molecule has 0 aromatic carbocycles. The lowest BCUT2D eigenvalue weighted by molar-refractivity contribution is 0.740. The normalized spacial score (nSPS) is 20.1. The van der Waals surface area contributed by atoms with Gasteiger partial charge in [0.25, 0.3) is 0 Å². The van der Waals surface area contributed by atoms with Gasteiger partial charge in [-0.3, -0.25) is 10.4 Å². The molecule has 0 saturated heterocycles. The summed E-state index contributed by atoms with van der Waals surface area (Å²) < 4.78 is 1.87. The van der Waals surface area contributed by atoms with Gasteiger partial charge in [-0.05, 0) is 0 Å². The molecule has 1 aliphatic heterocycles. The molecule has 0 saturated carbocycles. The number of allylic oxidation sites excluding steroid dienone is 1. The number of nitrogens with one attached hydrogen (secondary N) is 1. The minimum atomic E-state index is 0.915. The Hall–Kier alpha value is -0.650. The van der Waals surface area contributed by atoms with Crippen LogP contribution in [0.1, 0.15) is 0 Å². The predicted molar refractivity (Wildman–Crippen MR) is 50.4 cm³/mol. The summed E-state index contributed by atoms with van der Waals surface area (Å²) in [5.74, 6) is 0. The lowest BCUT2D eigenvalue weighted by Gasteiger charge is -2.15. The molecule has 0 fully saturated rings. The predicted octanol–water partition coefficient (Wildman–Crippen LogP) is 1.73. The van der Waals surface area contributed by atoms with E-state index in [1.165, 1.54) is 6.34 Å². The fourth-order valence-corrected chi connectivity index (χ4v) is 1.07. The van der Waals surface area contributed by atoms with Gasteiger partial charge in [0.15, 0.2) is 0 Å². The van der Waals surface area contributed by atoms with Crippen molar-refractivity contribution in [1.82, 2.24) is 4.90 Å². The van der Waals surface area contributed by atoms with E-state index in [2.05, 4.69) is 27.6 Å². The maximum atomic E-state index is 6.97. The highest BCUT2D eigenvalue weighted by Crippen LogP contribution is 2.06. The van der Waals surface area contributed by atoms with Crippen LogP contribution >= 0.6 is 22.6 Å². The van der Waals surface area contributed by atoms with Crippen molar-refractivity contribution < 1.29 is 0 Å². The summed E-state index contributed by atoms with van der Waals surface area (Å²) in [5, 5.41) is 6.97. The zero-order valence-corrected chi connectivity index (χ0v) is 7.32. The third-order valence-corrected chi connectivity index (χ3v) is 1.71. The van der Waals surface area contributed by atoms with Gasteiger partial charge in [-0.1, -0.05) is 22.6 Å². The average molecular weight is 247 g/mol. The Bertz CT molecular complexity index is 217. The molecule has 0 bridgehead atoms. The second kappa shape index (κ2) is 3.50. The first-order chi connectivity index (χ1) is 4.88. The molecule has 1 heterocycles. The lowest BCUT2D eigenvalue weighted by Crippen LogP contribution is -2.16. The largest absolute Gasteiger partial charge is 0.305 e. The number of rotatable bonds is 1. The van der Waals surface area contributed by atoms with Crippen LogP contribution in [-0.4, -0.2) is 17.5 Å². The number of aliphatic imine (C=N–C) groups is 1. The first kappa shape index (κ1) is 7.46. The minimum Gasteiger partial charge on any atom is -0.305 e. The summed E-state index contributed by atoms with van der Waals surface area (Å²) in [6, 6.07) is 0. The van der Waals surface area contributed by atoms with Crippen LogP contribution in [0, 0.1) is 5.41 Å². The highest BCUT2D eigenvalue weighted by atomic mass is 127. The highest BCUT2D eigenvalue weighted by Gasteiger charge is 2.01. The zero-order chi connectivity index (χ0) is 7.40. The summed E-state index contributed by atoms with van der Waals surface area (Å²) in [7, 11) is 0. The fourth-order valence-electron chi connectivity index (χ4n) is 0.585. The van der Waals surface area contributed by atoms with Crippen molar-refractivity contribution in [1.29, 1.82) is 5.41 Å². The molecule has 3 nitrogen and oxygen atoms in total. The van der Waals surface area contributed by atoms with Gasteiger partial charge in [0.05, 0.1) is 18.3 Å². The van der Waals surface area contributed by atoms with E-state index in [-0.39, 0.29) is 0 Å². The number of halogens is 1. The fraction of sp³-hybridized carbons (Fsp3) is 0. The van der Waals surface area contributed by atoms with E-state index < -0.39 is 0 Å².